The highest BCUT2D eigenvalue weighted by atomic mass is 35.5. The number of aromatic nitrogens is 3. The van der Waals surface area contributed by atoms with E-state index in [9.17, 15) is 13.2 Å². The average molecular weight is 470 g/mol. The van der Waals surface area contributed by atoms with Crippen LogP contribution in [0.5, 0.6) is 0 Å². The van der Waals surface area contributed by atoms with Gasteiger partial charge in [-0.05, 0) is 69.0 Å². The van der Waals surface area contributed by atoms with Gasteiger partial charge in [-0.2, -0.15) is 0 Å². The highest BCUT2D eigenvalue weighted by molar-refractivity contribution is 7.91. The lowest BCUT2D eigenvalue weighted by atomic mass is 10.2. The smallest absolute Gasteiger partial charge is 0.278 e. The van der Waals surface area contributed by atoms with Crippen molar-refractivity contribution >= 4 is 43.9 Å². The summed E-state index contributed by atoms with van der Waals surface area (Å²) in [6.07, 6.45) is 5.36. The van der Waals surface area contributed by atoms with E-state index in [1.807, 2.05) is 13.0 Å². The molecule has 0 aliphatic heterocycles. The molecule has 1 aromatic carbocycles. The highest BCUT2D eigenvalue weighted by Crippen LogP contribution is 2.32. The van der Waals surface area contributed by atoms with Crippen molar-refractivity contribution in [3.63, 3.8) is 0 Å². The van der Waals surface area contributed by atoms with Gasteiger partial charge in [-0.25, -0.2) is 13.0 Å². The Hall–Kier alpha value is -2.97. The molecule has 3 heterocycles. The van der Waals surface area contributed by atoms with Crippen molar-refractivity contribution in [2.45, 2.75) is 48.4 Å². The predicted octanol–water partition coefficient (Wildman–Crippen LogP) is 3.63. The number of sulfone groups is 1. The molecule has 32 heavy (non-hydrogen) atoms. The average Bonchev–Trinajstić information content (AvgIpc) is 3.29. The molecule has 0 amide bonds. The summed E-state index contributed by atoms with van der Waals surface area (Å²) in [4.78, 5) is 18.2. The molecule has 0 saturated heterocycles. The standard InChI is InChI=1S/C23H21ClN4O3S/c1-14-5-4-12-27-21(14)26-22-18(23(27)29)13-19(20(25)28(22)16-6-2-3-7-16)32(30,31)17-10-8-15(24)9-11-17/h4-5,8-13,16,25H,2-3,6-7H2,1H3/p+1. The van der Waals surface area contributed by atoms with Crippen LogP contribution in [0.15, 0.2) is 63.2 Å². The highest BCUT2D eigenvalue weighted by Gasteiger charge is 2.33. The van der Waals surface area contributed by atoms with Gasteiger partial charge >= 0.3 is 0 Å². The molecular weight excluding hydrogens is 448 g/mol. The summed E-state index contributed by atoms with van der Waals surface area (Å²) in [5, 5.41) is 0.655. The van der Waals surface area contributed by atoms with Crippen LogP contribution in [-0.2, 0) is 9.84 Å². The molecular formula is C23H22ClN4O3S+. The second-order valence-electron chi connectivity index (χ2n) is 8.20. The van der Waals surface area contributed by atoms with Crippen molar-refractivity contribution in [1.82, 2.24) is 9.38 Å². The van der Waals surface area contributed by atoms with Gasteiger partial charge in [0.05, 0.1) is 10.9 Å². The molecule has 1 fully saturated rings. The van der Waals surface area contributed by atoms with Crippen LogP contribution in [0, 0.1) is 6.92 Å². The van der Waals surface area contributed by atoms with E-state index in [2.05, 4.69) is 0 Å². The van der Waals surface area contributed by atoms with Gasteiger partial charge in [0.25, 0.3) is 11.2 Å². The minimum atomic E-state index is -3.99. The van der Waals surface area contributed by atoms with Gasteiger partial charge < -0.3 is 5.73 Å². The van der Waals surface area contributed by atoms with Crippen molar-refractivity contribution in [2.75, 3.05) is 5.73 Å². The third kappa shape index (κ3) is 3.17. The molecule has 0 unspecified atom stereocenters. The molecule has 3 aromatic heterocycles. The Labute approximate surface area is 190 Å². The first-order chi connectivity index (χ1) is 15.3. The maximum Gasteiger partial charge on any atom is 0.278 e. The molecule has 0 spiro atoms. The number of halogens is 1. The number of aryl methyl sites for hydroxylation is 1. The van der Waals surface area contributed by atoms with Crippen LogP contribution in [0.1, 0.15) is 37.3 Å². The van der Waals surface area contributed by atoms with E-state index in [4.69, 9.17) is 22.3 Å². The zero-order valence-corrected chi connectivity index (χ0v) is 19.0. The first-order valence-electron chi connectivity index (χ1n) is 10.5. The van der Waals surface area contributed by atoms with Gasteiger partial charge in [0.15, 0.2) is 0 Å². The lowest BCUT2D eigenvalue weighted by molar-refractivity contribution is -0.686. The molecule has 164 valence electrons. The molecule has 4 aromatic rings. The second-order valence-corrected chi connectivity index (χ2v) is 10.6. The number of nitrogens with two attached hydrogens (primary N) is 1. The Morgan fingerprint density at radius 1 is 1.16 bits per heavy atom. The van der Waals surface area contributed by atoms with Crippen LogP contribution in [0.4, 0.5) is 5.82 Å². The van der Waals surface area contributed by atoms with E-state index < -0.39 is 9.84 Å². The van der Waals surface area contributed by atoms with Crippen LogP contribution in [0.25, 0.3) is 16.7 Å². The minimum Gasteiger partial charge on any atom is -0.317 e. The van der Waals surface area contributed by atoms with Crippen molar-refractivity contribution in [2.24, 2.45) is 0 Å². The molecule has 5 rings (SSSR count). The van der Waals surface area contributed by atoms with E-state index in [0.29, 0.717) is 16.3 Å². The minimum absolute atomic E-state index is 0.0174. The summed E-state index contributed by atoms with van der Waals surface area (Å²) < 4.78 is 30.3. The number of pyridine rings is 2. The monoisotopic (exact) mass is 469 g/mol. The quantitative estimate of drug-likeness (QED) is 0.365. The number of anilines is 1. The van der Waals surface area contributed by atoms with E-state index in [1.54, 1.807) is 16.8 Å². The molecule has 0 radical (unpaired) electrons. The third-order valence-corrected chi connectivity index (χ3v) is 8.23. The van der Waals surface area contributed by atoms with Gasteiger partial charge in [0, 0.05) is 16.8 Å². The van der Waals surface area contributed by atoms with Gasteiger partial charge in [-0.3, -0.25) is 9.20 Å². The molecule has 2 N–H and O–H groups in total. The van der Waals surface area contributed by atoms with Crippen molar-refractivity contribution in [3.05, 3.63) is 69.6 Å². The Bertz CT molecular complexity index is 1540. The van der Waals surface area contributed by atoms with E-state index >= 15 is 0 Å². The van der Waals surface area contributed by atoms with Gasteiger partial charge in [0.1, 0.15) is 10.3 Å². The van der Waals surface area contributed by atoms with Crippen LogP contribution in [-0.4, -0.2) is 17.8 Å². The summed E-state index contributed by atoms with van der Waals surface area (Å²) in [7, 11) is -3.99. The maximum atomic E-state index is 13.5. The van der Waals surface area contributed by atoms with Crippen molar-refractivity contribution < 1.29 is 13.0 Å². The van der Waals surface area contributed by atoms with Crippen molar-refractivity contribution in [1.29, 1.82) is 0 Å². The molecule has 1 aliphatic rings. The fourth-order valence-corrected chi connectivity index (χ4v) is 6.06. The van der Waals surface area contributed by atoms with Gasteiger partial charge in [-0.15, -0.1) is 0 Å². The molecule has 9 heteroatoms. The summed E-state index contributed by atoms with van der Waals surface area (Å²) in [5.41, 5.74) is 8.00. The van der Waals surface area contributed by atoms with Gasteiger partial charge in [0.2, 0.25) is 21.3 Å². The first kappa shape index (κ1) is 20.9. The number of hydrogen-bond donors (Lipinski definition) is 1. The largest absolute Gasteiger partial charge is 0.317 e. The summed E-state index contributed by atoms with van der Waals surface area (Å²) >= 11 is 5.94. The van der Waals surface area contributed by atoms with Crippen LogP contribution in [0.3, 0.4) is 0 Å². The maximum absolute atomic E-state index is 13.5. The number of rotatable bonds is 3. The van der Waals surface area contributed by atoms with E-state index in [1.165, 1.54) is 34.7 Å². The molecule has 7 nitrogen and oxygen atoms in total. The predicted molar refractivity (Wildman–Crippen MR) is 123 cm³/mol. The van der Waals surface area contributed by atoms with Crippen molar-refractivity contribution in [3.8, 4) is 0 Å². The SMILES string of the molecule is Cc1cccn2c(=O)c3cc(S(=O)(=O)c4ccc(Cl)cc4)c(N)[n+](C4CCCC4)c3nc12. The Morgan fingerprint density at radius 3 is 2.53 bits per heavy atom. The Kier molecular flexibility index (Phi) is 4.94. The summed E-state index contributed by atoms with van der Waals surface area (Å²) in [6.45, 7) is 1.89. The van der Waals surface area contributed by atoms with Crippen LogP contribution in [0.2, 0.25) is 5.02 Å². The molecule has 0 bridgehead atoms. The fraction of sp³-hybridized carbons (Fsp3) is 0.261. The summed E-state index contributed by atoms with van der Waals surface area (Å²) in [5.74, 6) is 0.101. The third-order valence-electron chi connectivity index (χ3n) is 6.18. The Balaban J connectivity index is 1.90. The van der Waals surface area contributed by atoms with E-state index in [-0.39, 0.29) is 32.6 Å². The summed E-state index contributed by atoms with van der Waals surface area (Å²) in [6, 6.07) is 10.9. The first-order valence-corrected chi connectivity index (χ1v) is 12.3. The zero-order valence-electron chi connectivity index (χ0n) is 17.5. The van der Waals surface area contributed by atoms with E-state index in [0.717, 1.165) is 31.2 Å². The Morgan fingerprint density at radius 2 is 1.84 bits per heavy atom. The lowest BCUT2D eigenvalue weighted by Gasteiger charge is -2.17. The number of hydrogen-bond acceptors (Lipinski definition) is 5. The normalized spacial score (nSPS) is 15.1. The fourth-order valence-electron chi connectivity index (χ4n) is 4.54. The van der Waals surface area contributed by atoms with Gasteiger partial charge in [-0.1, -0.05) is 22.7 Å². The lowest BCUT2D eigenvalue weighted by Crippen LogP contribution is -2.44. The zero-order chi connectivity index (χ0) is 22.6. The topological polar surface area (TPSA) is 98.4 Å². The van der Waals surface area contributed by atoms with Crippen LogP contribution >= 0.6 is 11.6 Å². The number of nitrogens with zero attached hydrogens (tertiary/aromatic N) is 3. The molecule has 1 saturated carbocycles. The van der Waals surface area contributed by atoms with Crippen LogP contribution < -0.4 is 15.9 Å². The number of benzene rings is 1. The number of nitrogen functional groups attached to an aromatic ring is 1. The number of fused-ring (bicyclic) bond motifs is 2. The molecule has 0 atom stereocenters. The molecule has 1 aliphatic carbocycles. The second kappa shape index (κ2) is 7.56.